The Hall–Kier alpha value is -1.79. The van der Waals surface area contributed by atoms with Crippen LogP contribution in [0.25, 0.3) is 11.3 Å². The summed E-state index contributed by atoms with van der Waals surface area (Å²) in [5.41, 5.74) is 1.79. The molecule has 0 aliphatic heterocycles. The number of rotatable bonds is 5. The molecule has 0 spiro atoms. The standard InChI is InChI=1S/C12H13N3O2S/c16-7-1-2-11(17)15-12-14-10(8-18-12)9-3-5-13-6-4-9/h3-6,8,16H,1-2,7H2,(H,14,15,17). The van der Waals surface area contributed by atoms with Crippen molar-refractivity contribution in [3.63, 3.8) is 0 Å². The molecule has 1 amide bonds. The van der Waals surface area contributed by atoms with E-state index in [0.29, 0.717) is 18.0 Å². The van der Waals surface area contributed by atoms with Crippen molar-refractivity contribution >= 4 is 22.4 Å². The predicted octanol–water partition coefficient (Wildman–Crippen LogP) is 1.92. The van der Waals surface area contributed by atoms with Crippen molar-refractivity contribution < 1.29 is 9.90 Å². The molecule has 6 heteroatoms. The highest BCUT2D eigenvalue weighted by Crippen LogP contribution is 2.24. The van der Waals surface area contributed by atoms with Crippen molar-refractivity contribution in [3.05, 3.63) is 29.9 Å². The molecular weight excluding hydrogens is 250 g/mol. The van der Waals surface area contributed by atoms with Crippen LogP contribution in [0.2, 0.25) is 0 Å². The number of thiazole rings is 1. The minimum absolute atomic E-state index is 0.0214. The lowest BCUT2D eigenvalue weighted by Gasteiger charge is -1.99. The van der Waals surface area contributed by atoms with Gasteiger partial charge >= 0.3 is 0 Å². The molecule has 0 atom stereocenters. The first kappa shape index (κ1) is 12.7. The van der Waals surface area contributed by atoms with E-state index in [1.165, 1.54) is 11.3 Å². The van der Waals surface area contributed by atoms with Crippen LogP contribution in [0.5, 0.6) is 0 Å². The summed E-state index contributed by atoms with van der Waals surface area (Å²) in [4.78, 5) is 19.7. The van der Waals surface area contributed by atoms with Gasteiger partial charge in [-0.2, -0.15) is 0 Å². The first-order valence-electron chi connectivity index (χ1n) is 5.56. The molecule has 2 heterocycles. The Balaban J connectivity index is 2.00. The predicted molar refractivity (Wildman–Crippen MR) is 70.3 cm³/mol. The fourth-order valence-corrected chi connectivity index (χ4v) is 2.14. The summed E-state index contributed by atoms with van der Waals surface area (Å²) >= 11 is 1.38. The number of anilines is 1. The van der Waals surface area contributed by atoms with E-state index in [0.717, 1.165) is 11.3 Å². The first-order chi connectivity index (χ1) is 8.79. The van der Waals surface area contributed by atoms with Crippen LogP contribution in [0.3, 0.4) is 0 Å². The van der Waals surface area contributed by atoms with E-state index in [9.17, 15) is 4.79 Å². The smallest absolute Gasteiger partial charge is 0.226 e. The van der Waals surface area contributed by atoms with Crippen molar-refractivity contribution in [1.29, 1.82) is 0 Å². The van der Waals surface area contributed by atoms with Gasteiger partial charge in [0, 0.05) is 36.4 Å². The zero-order valence-electron chi connectivity index (χ0n) is 9.67. The molecule has 2 aromatic rings. The monoisotopic (exact) mass is 263 g/mol. The average Bonchev–Trinajstić information content (AvgIpc) is 2.86. The fraction of sp³-hybridized carbons (Fsp3) is 0.250. The zero-order chi connectivity index (χ0) is 12.8. The van der Waals surface area contributed by atoms with Crippen LogP contribution in [-0.2, 0) is 4.79 Å². The Kier molecular flexibility index (Phi) is 4.38. The molecule has 0 aliphatic carbocycles. The van der Waals surface area contributed by atoms with E-state index in [2.05, 4.69) is 15.3 Å². The van der Waals surface area contributed by atoms with Gasteiger partial charge in [0.2, 0.25) is 5.91 Å². The van der Waals surface area contributed by atoms with Crippen molar-refractivity contribution in [2.24, 2.45) is 0 Å². The maximum absolute atomic E-state index is 11.5. The molecule has 0 aromatic carbocycles. The molecule has 5 nitrogen and oxygen atoms in total. The number of pyridine rings is 1. The maximum Gasteiger partial charge on any atom is 0.226 e. The van der Waals surface area contributed by atoms with Crippen molar-refractivity contribution in [3.8, 4) is 11.3 Å². The van der Waals surface area contributed by atoms with E-state index in [4.69, 9.17) is 5.11 Å². The van der Waals surface area contributed by atoms with Gasteiger partial charge in [-0.05, 0) is 18.6 Å². The van der Waals surface area contributed by atoms with Crippen LogP contribution in [0.15, 0.2) is 29.9 Å². The highest BCUT2D eigenvalue weighted by Gasteiger charge is 2.07. The van der Waals surface area contributed by atoms with Crippen LogP contribution in [-0.4, -0.2) is 27.6 Å². The summed E-state index contributed by atoms with van der Waals surface area (Å²) < 4.78 is 0. The molecule has 0 radical (unpaired) electrons. The number of aliphatic hydroxyl groups is 1. The van der Waals surface area contributed by atoms with Gasteiger partial charge in [-0.15, -0.1) is 11.3 Å². The van der Waals surface area contributed by atoms with Crippen LogP contribution in [0.1, 0.15) is 12.8 Å². The van der Waals surface area contributed by atoms with E-state index in [-0.39, 0.29) is 12.5 Å². The largest absolute Gasteiger partial charge is 0.396 e. The highest BCUT2D eigenvalue weighted by molar-refractivity contribution is 7.14. The minimum atomic E-state index is -0.125. The summed E-state index contributed by atoms with van der Waals surface area (Å²) in [5.74, 6) is -0.125. The lowest BCUT2D eigenvalue weighted by molar-refractivity contribution is -0.116. The second kappa shape index (κ2) is 6.23. The molecule has 2 rings (SSSR count). The fourth-order valence-electron chi connectivity index (χ4n) is 1.41. The summed E-state index contributed by atoms with van der Waals surface area (Å²) in [7, 11) is 0. The summed E-state index contributed by atoms with van der Waals surface area (Å²) in [6.07, 6.45) is 4.18. The molecule has 2 aromatic heterocycles. The number of nitrogens with one attached hydrogen (secondary N) is 1. The van der Waals surface area contributed by atoms with E-state index in [1.54, 1.807) is 12.4 Å². The number of hydrogen-bond donors (Lipinski definition) is 2. The zero-order valence-corrected chi connectivity index (χ0v) is 10.5. The topological polar surface area (TPSA) is 75.1 Å². The van der Waals surface area contributed by atoms with E-state index in [1.807, 2.05) is 17.5 Å². The molecule has 0 saturated heterocycles. The quantitative estimate of drug-likeness (QED) is 0.864. The molecule has 0 bridgehead atoms. The average molecular weight is 263 g/mol. The molecule has 2 N–H and O–H groups in total. The van der Waals surface area contributed by atoms with Gasteiger partial charge in [-0.3, -0.25) is 9.78 Å². The van der Waals surface area contributed by atoms with Crippen molar-refractivity contribution in [2.45, 2.75) is 12.8 Å². The molecular formula is C12H13N3O2S. The molecule has 18 heavy (non-hydrogen) atoms. The number of carbonyl (C=O) groups excluding carboxylic acids is 1. The van der Waals surface area contributed by atoms with Crippen molar-refractivity contribution in [2.75, 3.05) is 11.9 Å². The van der Waals surface area contributed by atoms with Crippen molar-refractivity contribution in [1.82, 2.24) is 9.97 Å². The van der Waals surface area contributed by atoms with Gasteiger partial charge in [-0.1, -0.05) is 0 Å². The lowest BCUT2D eigenvalue weighted by atomic mass is 10.2. The van der Waals surface area contributed by atoms with Crippen LogP contribution < -0.4 is 5.32 Å². The van der Waals surface area contributed by atoms with Crippen LogP contribution in [0, 0.1) is 0 Å². The summed E-state index contributed by atoms with van der Waals surface area (Å²) in [5, 5.41) is 13.8. The number of aromatic nitrogens is 2. The Morgan fingerprint density at radius 1 is 1.39 bits per heavy atom. The van der Waals surface area contributed by atoms with Crippen LogP contribution in [0.4, 0.5) is 5.13 Å². The molecule has 0 fully saturated rings. The Morgan fingerprint density at radius 2 is 2.17 bits per heavy atom. The molecule has 0 unspecified atom stereocenters. The summed E-state index contributed by atoms with van der Waals surface area (Å²) in [6, 6.07) is 3.73. The third-order valence-corrected chi connectivity index (χ3v) is 3.05. The normalized spacial score (nSPS) is 10.3. The van der Waals surface area contributed by atoms with Gasteiger partial charge in [0.05, 0.1) is 5.69 Å². The molecule has 94 valence electrons. The van der Waals surface area contributed by atoms with E-state index < -0.39 is 0 Å². The maximum atomic E-state index is 11.5. The minimum Gasteiger partial charge on any atom is -0.396 e. The van der Waals surface area contributed by atoms with Crippen LogP contribution >= 0.6 is 11.3 Å². The van der Waals surface area contributed by atoms with Gasteiger partial charge in [0.15, 0.2) is 5.13 Å². The number of hydrogen-bond acceptors (Lipinski definition) is 5. The van der Waals surface area contributed by atoms with Gasteiger partial charge in [0.1, 0.15) is 0 Å². The van der Waals surface area contributed by atoms with Gasteiger partial charge in [0.25, 0.3) is 0 Å². The summed E-state index contributed by atoms with van der Waals surface area (Å²) in [6.45, 7) is 0.0214. The third-order valence-electron chi connectivity index (χ3n) is 2.29. The van der Waals surface area contributed by atoms with Gasteiger partial charge in [-0.25, -0.2) is 4.98 Å². The van der Waals surface area contributed by atoms with Gasteiger partial charge < -0.3 is 10.4 Å². The number of nitrogens with zero attached hydrogens (tertiary/aromatic N) is 2. The van der Waals surface area contributed by atoms with E-state index >= 15 is 0 Å². The highest BCUT2D eigenvalue weighted by atomic mass is 32.1. The number of amides is 1. The second-order valence-electron chi connectivity index (χ2n) is 3.65. The number of carbonyl (C=O) groups is 1. The Labute approximate surface area is 109 Å². The SMILES string of the molecule is O=C(CCCO)Nc1nc(-c2ccncc2)cs1. The second-order valence-corrected chi connectivity index (χ2v) is 4.51. The Morgan fingerprint density at radius 3 is 2.89 bits per heavy atom. The lowest BCUT2D eigenvalue weighted by Crippen LogP contribution is -2.11. The molecule has 0 saturated carbocycles. The third kappa shape index (κ3) is 3.35. The Bertz CT molecular complexity index is 513. The number of aliphatic hydroxyl groups excluding tert-OH is 1. The molecule has 0 aliphatic rings. The first-order valence-corrected chi connectivity index (χ1v) is 6.44.